The van der Waals surface area contributed by atoms with Gasteiger partial charge in [-0.25, -0.2) is 0 Å². The summed E-state index contributed by atoms with van der Waals surface area (Å²) in [5.41, 5.74) is 1.44. The van der Waals surface area contributed by atoms with Crippen molar-refractivity contribution < 1.29 is 35.4 Å². The summed E-state index contributed by atoms with van der Waals surface area (Å²) in [5, 5.41) is 10.8. The topological polar surface area (TPSA) is 94.2 Å². The van der Waals surface area contributed by atoms with Crippen LogP contribution in [0.2, 0.25) is 0 Å². The van der Waals surface area contributed by atoms with E-state index in [0.29, 0.717) is 16.6 Å². The van der Waals surface area contributed by atoms with E-state index in [-0.39, 0.29) is 32.8 Å². The van der Waals surface area contributed by atoms with Crippen molar-refractivity contribution in [2.45, 2.75) is 4.90 Å². The maximum Gasteiger partial charge on any atom is 1.00 e. The summed E-state index contributed by atoms with van der Waals surface area (Å²) in [7, 11) is -4.42. The van der Waals surface area contributed by atoms with Crippen molar-refractivity contribution in [3.63, 3.8) is 0 Å². The molecule has 0 bridgehead atoms. The molecule has 106 valence electrons. The molecule has 0 atom stereocenters. The van der Waals surface area contributed by atoms with Gasteiger partial charge in [0.2, 0.25) is 0 Å². The molecule has 0 saturated carbocycles. The molecule has 8 heteroatoms. The number of fused-ring (bicyclic) bond motifs is 1. The molecule has 1 N–H and O–H groups in total. The van der Waals surface area contributed by atoms with E-state index in [9.17, 15) is 13.0 Å². The van der Waals surface area contributed by atoms with Crippen molar-refractivity contribution in [2.24, 2.45) is 0 Å². The summed E-state index contributed by atoms with van der Waals surface area (Å²) in [6.45, 7) is 0. The van der Waals surface area contributed by atoms with Crippen LogP contribution in [0, 0.1) is 0 Å². The maximum absolute atomic E-state index is 11.6. The van der Waals surface area contributed by atoms with Crippen LogP contribution >= 0.6 is 0 Å². The number of benzene rings is 2. The molecule has 20 heavy (non-hydrogen) atoms. The van der Waals surface area contributed by atoms with Crippen LogP contribution in [-0.4, -0.2) is 23.3 Å². The Bertz CT molecular complexity index is 847. The van der Waals surface area contributed by atoms with Gasteiger partial charge in [0.05, 0.1) is 0 Å². The van der Waals surface area contributed by atoms with Crippen LogP contribution in [0.25, 0.3) is 22.2 Å². The van der Waals surface area contributed by atoms with E-state index < -0.39 is 10.1 Å². The van der Waals surface area contributed by atoms with Gasteiger partial charge in [0.1, 0.15) is 4.90 Å². The van der Waals surface area contributed by atoms with Gasteiger partial charge in [0, 0.05) is 11.1 Å². The molecule has 0 saturated heterocycles. The van der Waals surface area contributed by atoms with Crippen LogP contribution in [0.1, 0.15) is 0 Å². The largest absolute Gasteiger partial charge is 1.00 e. The Morgan fingerprint density at radius 2 is 1.75 bits per heavy atom. The van der Waals surface area contributed by atoms with Crippen LogP contribution in [0.3, 0.4) is 0 Å². The Labute approximate surface area is 130 Å². The third kappa shape index (κ3) is 2.54. The van der Waals surface area contributed by atoms with Gasteiger partial charge in [-0.15, -0.1) is 0 Å². The zero-order valence-corrected chi connectivity index (χ0v) is 12.2. The van der Waals surface area contributed by atoms with Crippen LogP contribution in [0.5, 0.6) is 0 Å². The first-order valence-corrected chi connectivity index (χ1v) is 6.83. The summed E-state index contributed by atoms with van der Waals surface area (Å²) < 4.78 is 32.6. The first-order chi connectivity index (χ1) is 9.07. The minimum Gasteiger partial charge on any atom is -0.350 e. The molecule has 0 aliphatic rings. The van der Waals surface area contributed by atoms with Crippen molar-refractivity contribution >= 4 is 21.2 Å². The molecule has 0 amide bonds. The summed E-state index contributed by atoms with van der Waals surface area (Å²) in [5.74, 6) is 0. The molecule has 2 aromatic carbocycles. The van der Waals surface area contributed by atoms with E-state index in [1.165, 1.54) is 0 Å². The van der Waals surface area contributed by atoms with Gasteiger partial charge < -0.3 is 10.2 Å². The molecule has 3 aromatic rings. The number of aromatic nitrogens is 3. The molecular weight excluding hydrogens is 374 g/mol. The standard InChI is InChI=1S/C12H8N3O3S.Ag/c16-19(17,18)12-9(8-4-2-1-3-5-8)6-7-10-11(12)14-15-13-10;/h1-7H,(H-,13,14,15,16,17,18);/q-1;+1. The molecule has 0 radical (unpaired) electrons. The smallest absolute Gasteiger partial charge is 0.350 e. The Balaban J connectivity index is 0.00000147. The fourth-order valence-corrected chi connectivity index (χ4v) is 2.81. The molecular formula is C12H8AgN3O3S. The van der Waals surface area contributed by atoms with Crippen LogP contribution < -0.4 is 5.10 Å². The van der Waals surface area contributed by atoms with Crippen molar-refractivity contribution in [3.05, 3.63) is 42.5 Å². The number of nitrogens with zero attached hydrogens (tertiary/aromatic N) is 3. The monoisotopic (exact) mass is 381 g/mol. The summed E-state index contributed by atoms with van der Waals surface area (Å²) in [6, 6.07) is 12.1. The van der Waals surface area contributed by atoms with Gasteiger partial charge in [0.15, 0.2) is 0 Å². The molecule has 6 nitrogen and oxygen atoms in total. The molecule has 0 aliphatic carbocycles. The zero-order valence-electron chi connectivity index (χ0n) is 9.86. The second-order valence-electron chi connectivity index (χ2n) is 3.94. The number of hydrogen-bond acceptors (Lipinski definition) is 4. The van der Waals surface area contributed by atoms with Gasteiger partial charge in [-0.3, -0.25) is 9.77 Å². The fraction of sp³-hybridized carbons (Fsp3) is 0. The van der Waals surface area contributed by atoms with Crippen molar-refractivity contribution in [2.75, 3.05) is 0 Å². The van der Waals surface area contributed by atoms with Gasteiger partial charge in [0.25, 0.3) is 10.1 Å². The van der Waals surface area contributed by atoms with Gasteiger partial charge >= 0.3 is 22.4 Å². The third-order valence-electron chi connectivity index (χ3n) is 2.75. The van der Waals surface area contributed by atoms with Crippen molar-refractivity contribution in [1.29, 1.82) is 0 Å². The van der Waals surface area contributed by atoms with E-state index in [1.54, 1.807) is 36.4 Å². The predicted octanol–water partition coefficient (Wildman–Crippen LogP) is 1.50. The second-order valence-corrected chi connectivity index (χ2v) is 5.30. The Morgan fingerprint density at radius 3 is 2.40 bits per heavy atom. The zero-order chi connectivity index (χ0) is 13.5. The normalized spacial score (nSPS) is 11.2. The van der Waals surface area contributed by atoms with E-state index in [1.807, 2.05) is 6.07 Å². The molecule has 1 heterocycles. The minimum atomic E-state index is -4.42. The van der Waals surface area contributed by atoms with E-state index in [4.69, 9.17) is 0 Å². The fourth-order valence-electron chi connectivity index (χ4n) is 1.96. The quantitative estimate of drug-likeness (QED) is 0.533. The van der Waals surface area contributed by atoms with Crippen LogP contribution in [0.15, 0.2) is 47.4 Å². The molecule has 0 aliphatic heterocycles. The number of hydrogen-bond donors (Lipinski definition) is 1. The first-order valence-electron chi connectivity index (χ1n) is 5.39. The average Bonchev–Trinajstić information content (AvgIpc) is 2.85. The van der Waals surface area contributed by atoms with Crippen molar-refractivity contribution in [3.8, 4) is 11.1 Å². The van der Waals surface area contributed by atoms with E-state index in [2.05, 4.69) is 15.4 Å². The van der Waals surface area contributed by atoms with E-state index in [0.717, 1.165) is 0 Å². The first kappa shape index (κ1) is 14.9. The van der Waals surface area contributed by atoms with Crippen LogP contribution in [-0.2, 0) is 32.5 Å². The summed E-state index contributed by atoms with van der Waals surface area (Å²) in [6.07, 6.45) is 0. The molecule has 3 rings (SSSR count). The number of rotatable bonds is 2. The molecule has 1 aromatic heterocycles. The van der Waals surface area contributed by atoms with E-state index >= 15 is 0 Å². The average molecular weight is 382 g/mol. The van der Waals surface area contributed by atoms with Crippen molar-refractivity contribution in [1.82, 2.24) is 15.4 Å². The van der Waals surface area contributed by atoms with Crippen LogP contribution in [0.4, 0.5) is 0 Å². The Morgan fingerprint density at radius 1 is 1.05 bits per heavy atom. The Hall–Kier alpha value is -1.51. The van der Waals surface area contributed by atoms with Gasteiger partial charge in [-0.05, 0) is 11.1 Å². The van der Waals surface area contributed by atoms with Gasteiger partial charge in [-0.2, -0.15) is 8.42 Å². The van der Waals surface area contributed by atoms with Gasteiger partial charge in [-0.1, -0.05) is 42.5 Å². The maximum atomic E-state index is 11.6. The Kier molecular flexibility index (Phi) is 4.07. The third-order valence-corrected chi connectivity index (χ3v) is 3.68. The molecule has 0 unspecified atom stereocenters. The molecule has 0 fully saturated rings. The SMILES string of the molecule is O=S(=O)(O)c1c(-c2ccccc2)ccc2[n-]nnc12.[Ag+]. The summed E-state index contributed by atoms with van der Waals surface area (Å²) >= 11 is 0. The second kappa shape index (κ2) is 5.47. The molecule has 0 spiro atoms. The summed E-state index contributed by atoms with van der Waals surface area (Å²) in [4.78, 5) is -0.263. The minimum absolute atomic E-state index is 0. The predicted molar refractivity (Wildman–Crippen MR) is 68.1 cm³/mol.